The molecule has 0 aliphatic carbocycles. The van der Waals surface area contributed by atoms with E-state index in [1.54, 1.807) is 11.1 Å². The quantitative estimate of drug-likeness (QED) is 0.121. The highest BCUT2D eigenvalue weighted by atomic mass is 35.5. The summed E-state index contributed by atoms with van der Waals surface area (Å²) in [6.45, 7) is 12.4. The van der Waals surface area contributed by atoms with E-state index in [1.807, 2.05) is 74.3 Å². The first-order valence-corrected chi connectivity index (χ1v) is 20.9. The number of amides is 4. The molecule has 4 saturated heterocycles. The summed E-state index contributed by atoms with van der Waals surface area (Å²) in [6.07, 6.45) is 5.14. The van der Waals surface area contributed by atoms with Gasteiger partial charge in [0.1, 0.15) is 17.5 Å². The molecule has 0 saturated carbocycles. The summed E-state index contributed by atoms with van der Waals surface area (Å²) in [5, 5.41) is 9.99. The molecule has 8 rings (SSSR count). The summed E-state index contributed by atoms with van der Waals surface area (Å²) < 4.78 is 0. The van der Waals surface area contributed by atoms with Gasteiger partial charge >= 0.3 is 6.03 Å². The van der Waals surface area contributed by atoms with Crippen LogP contribution in [0.25, 0.3) is 0 Å². The highest BCUT2D eigenvalue weighted by Gasteiger charge is 2.53. The van der Waals surface area contributed by atoms with Gasteiger partial charge in [-0.05, 0) is 69.1 Å². The Morgan fingerprint density at radius 2 is 1.69 bits per heavy atom. The number of carbonyl (C=O) groups excluding carboxylic acids is 4. The molecule has 2 aromatic carbocycles. The molecule has 17 heteroatoms. The Morgan fingerprint density at radius 1 is 0.948 bits per heavy atom. The molecule has 2 aromatic heterocycles. The van der Waals surface area contributed by atoms with Crippen molar-refractivity contribution in [2.45, 2.75) is 39.5 Å². The minimum atomic E-state index is -0.373. The Kier molecular flexibility index (Phi) is 12.7. The molecule has 0 bridgehead atoms. The van der Waals surface area contributed by atoms with Crippen molar-refractivity contribution in [3.05, 3.63) is 76.0 Å². The summed E-state index contributed by atoms with van der Waals surface area (Å²) >= 11 is 7.15. The summed E-state index contributed by atoms with van der Waals surface area (Å²) in [4.78, 5) is 72.0. The van der Waals surface area contributed by atoms with E-state index >= 15 is 0 Å². The molecule has 4 aliphatic heterocycles. The zero-order valence-electron chi connectivity index (χ0n) is 33.2. The highest BCUT2D eigenvalue weighted by Crippen LogP contribution is 2.42. The summed E-state index contributed by atoms with van der Waals surface area (Å²) in [5.41, 5.74) is 4.28. The van der Waals surface area contributed by atoms with E-state index < -0.39 is 0 Å². The lowest BCUT2D eigenvalue weighted by Gasteiger charge is -2.61. The van der Waals surface area contributed by atoms with Crippen LogP contribution in [0.2, 0.25) is 5.02 Å². The van der Waals surface area contributed by atoms with Crippen LogP contribution in [-0.2, 0) is 9.59 Å². The molecule has 0 atom stereocenters. The highest BCUT2D eigenvalue weighted by molar-refractivity contribution is 7.17. The lowest BCUT2D eigenvalue weighted by molar-refractivity contribution is -0.145. The van der Waals surface area contributed by atoms with Crippen LogP contribution in [0.1, 0.15) is 46.7 Å². The maximum absolute atomic E-state index is 12.9. The van der Waals surface area contributed by atoms with Crippen molar-refractivity contribution in [1.82, 2.24) is 30.1 Å². The van der Waals surface area contributed by atoms with Gasteiger partial charge in [-0.2, -0.15) is 0 Å². The third-order valence-corrected chi connectivity index (χ3v) is 12.2. The molecule has 4 fully saturated rings. The number of imide groups is 1. The number of anilines is 6. The third kappa shape index (κ3) is 9.68. The Labute approximate surface area is 347 Å². The number of likely N-dealkylation sites (tertiary alicyclic amines) is 1. The molecular weight excluding hydrogens is 778 g/mol. The van der Waals surface area contributed by atoms with Crippen LogP contribution < -0.4 is 30.7 Å². The SMILES string of the molecule is CNc1c(C)cccc1Cl.Cc1nc(Nc2ncc(C=O)s2)cc(N2CCN(CCCCC(=O)N3CC4(C3)CN(c3ccc(N5CCC(=O)NC5=O)cc3)C4)CC2)n1. The van der Waals surface area contributed by atoms with Gasteiger partial charge in [0.2, 0.25) is 11.8 Å². The lowest BCUT2D eigenvalue weighted by atomic mass is 9.72. The molecule has 306 valence electrons. The standard InChI is InChI=1S/C33H40N10O4S.C8H10ClN/c1-23-35-27(37-31-34-17-26(18-44)48-31)16-28(36-23)40-14-12-39(13-15-40)10-3-2-4-30(46)42-21-33(22-42)19-41(20-33)24-5-7-25(8-6-24)43-11-9-29(45)38-32(43)47;1-6-4-3-5-7(9)8(6)10-2/h5-8,16-18H,2-4,9-15,19-22H2,1H3,(H,38,45,47)(H,34,35,36,37);3-5,10H,1-2H3. The van der Waals surface area contributed by atoms with Gasteiger partial charge in [0.15, 0.2) is 11.4 Å². The summed E-state index contributed by atoms with van der Waals surface area (Å²) in [5.74, 6) is 2.24. The third-order valence-electron chi connectivity index (χ3n) is 11.0. The number of aryl methyl sites for hydroxylation is 2. The number of nitrogens with zero attached hydrogens (tertiary/aromatic N) is 8. The fraction of sp³-hybridized carbons (Fsp3) is 0.439. The predicted octanol–water partition coefficient (Wildman–Crippen LogP) is 5.58. The minimum Gasteiger partial charge on any atom is -0.387 e. The number of thiazole rings is 1. The maximum Gasteiger partial charge on any atom is 0.328 e. The largest absolute Gasteiger partial charge is 0.387 e. The molecular formula is C41H50ClN11O4S. The van der Waals surface area contributed by atoms with Gasteiger partial charge < -0.3 is 25.3 Å². The topological polar surface area (TPSA) is 159 Å². The fourth-order valence-corrected chi connectivity index (χ4v) is 8.90. The monoisotopic (exact) mass is 827 g/mol. The van der Waals surface area contributed by atoms with Crippen molar-refractivity contribution < 1.29 is 19.2 Å². The van der Waals surface area contributed by atoms with Gasteiger partial charge in [-0.3, -0.25) is 29.5 Å². The fourth-order valence-electron chi connectivity index (χ4n) is 7.94. The van der Waals surface area contributed by atoms with Crippen LogP contribution in [0, 0.1) is 19.3 Å². The lowest BCUT2D eigenvalue weighted by Crippen LogP contribution is -2.73. The van der Waals surface area contributed by atoms with Gasteiger partial charge in [0.25, 0.3) is 0 Å². The van der Waals surface area contributed by atoms with E-state index in [2.05, 4.69) is 45.6 Å². The maximum atomic E-state index is 12.9. The van der Waals surface area contributed by atoms with Gasteiger partial charge in [-0.25, -0.2) is 19.7 Å². The first-order chi connectivity index (χ1) is 28.0. The molecule has 3 N–H and O–H groups in total. The zero-order chi connectivity index (χ0) is 40.8. The number of aromatic nitrogens is 3. The minimum absolute atomic E-state index is 0.195. The number of unbranched alkanes of at least 4 members (excludes halogenated alkanes) is 1. The number of benzene rings is 2. The van der Waals surface area contributed by atoms with Crippen molar-refractivity contribution in [3.63, 3.8) is 0 Å². The van der Waals surface area contributed by atoms with Crippen molar-refractivity contribution in [1.29, 1.82) is 0 Å². The number of halogens is 1. The van der Waals surface area contributed by atoms with Crippen LogP contribution in [0.4, 0.5) is 38.6 Å². The Bertz CT molecular complexity index is 2090. The van der Waals surface area contributed by atoms with Crippen LogP contribution in [0.5, 0.6) is 0 Å². The van der Waals surface area contributed by atoms with E-state index in [4.69, 9.17) is 11.6 Å². The normalized spacial score (nSPS) is 17.5. The summed E-state index contributed by atoms with van der Waals surface area (Å²) in [6, 6.07) is 15.3. The van der Waals surface area contributed by atoms with E-state index in [0.717, 1.165) is 106 Å². The van der Waals surface area contributed by atoms with Crippen LogP contribution >= 0.6 is 22.9 Å². The van der Waals surface area contributed by atoms with E-state index in [0.29, 0.717) is 41.0 Å². The first kappa shape index (κ1) is 40.9. The molecule has 4 aliphatic rings. The first-order valence-electron chi connectivity index (χ1n) is 19.7. The number of aldehydes is 1. The van der Waals surface area contributed by atoms with Gasteiger partial charge in [-0.1, -0.05) is 35.1 Å². The van der Waals surface area contributed by atoms with Crippen molar-refractivity contribution in [3.8, 4) is 0 Å². The van der Waals surface area contributed by atoms with Crippen LogP contribution in [0.3, 0.4) is 0 Å². The average molecular weight is 828 g/mol. The molecule has 15 nitrogen and oxygen atoms in total. The molecule has 0 radical (unpaired) electrons. The Hall–Kier alpha value is -5.32. The van der Waals surface area contributed by atoms with E-state index in [-0.39, 0.29) is 23.3 Å². The average Bonchev–Trinajstić information content (AvgIpc) is 3.63. The molecule has 1 spiro atoms. The van der Waals surface area contributed by atoms with E-state index in [1.165, 1.54) is 16.9 Å². The number of hydrogen-bond donors (Lipinski definition) is 3. The van der Waals surface area contributed by atoms with Crippen molar-refractivity contribution in [2.75, 3.05) is 97.8 Å². The number of hydrogen-bond acceptors (Lipinski definition) is 13. The number of urea groups is 1. The second-order valence-electron chi connectivity index (χ2n) is 15.3. The molecule has 58 heavy (non-hydrogen) atoms. The van der Waals surface area contributed by atoms with Gasteiger partial charge in [0, 0.05) is 102 Å². The predicted molar refractivity (Wildman–Crippen MR) is 229 cm³/mol. The Morgan fingerprint density at radius 3 is 2.34 bits per heavy atom. The number of piperazine rings is 1. The van der Waals surface area contributed by atoms with Crippen molar-refractivity contribution in [2.24, 2.45) is 5.41 Å². The molecule has 0 unspecified atom stereocenters. The van der Waals surface area contributed by atoms with Crippen LogP contribution in [-0.4, -0.2) is 121 Å². The second kappa shape index (κ2) is 18.1. The van der Waals surface area contributed by atoms with E-state index in [9.17, 15) is 19.2 Å². The molecule has 6 heterocycles. The zero-order valence-corrected chi connectivity index (χ0v) is 34.7. The van der Waals surface area contributed by atoms with Gasteiger partial charge in [-0.15, -0.1) is 0 Å². The second-order valence-corrected chi connectivity index (χ2v) is 16.8. The molecule has 4 amide bonds. The van der Waals surface area contributed by atoms with Crippen LogP contribution in [0.15, 0.2) is 54.7 Å². The number of para-hydroxylation sites is 1. The number of rotatable bonds is 12. The smallest absolute Gasteiger partial charge is 0.328 e. The van der Waals surface area contributed by atoms with Crippen molar-refractivity contribution >= 4 is 80.9 Å². The van der Waals surface area contributed by atoms with Gasteiger partial charge in [0.05, 0.1) is 21.8 Å². The molecule has 4 aromatic rings. The Balaban J connectivity index is 0.000000449. The summed E-state index contributed by atoms with van der Waals surface area (Å²) in [7, 11) is 1.87. The number of carbonyl (C=O) groups is 4. The number of nitrogens with one attached hydrogen (secondary N) is 3.